The number of hydrogen-bond acceptors (Lipinski definition) is 4. The standard InChI is InChI=1S/C8H12ClN3OS/c1-2-10-7(13)3-4-11-8-12-6(9)5-14-8/h5H,2-4H2,1H3,(H,10,13)(H,11,12). The summed E-state index contributed by atoms with van der Waals surface area (Å²) in [5.74, 6) is 0.0441. The van der Waals surface area contributed by atoms with E-state index in [0.29, 0.717) is 24.7 Å². The van der Waals surface area contributed by atoms with Gasteiger partial charge < -0.3 is 10.6 Å². The maximum absolute atomic E-state index is 11.0. The van der Waals surface area contributed by atoms with Crippen LogP contribution in [0.25, 0.3) is 0 Å². The van der Waals surface area contributed by atoms with Crippen LogP contribution in [0.3, 0.4) is 0 Å². The van der Waals surface area contributed by atoms with Crippen LogP contribution in [0.5, 0.6) is 0 Å². The van der Waals surface area contributed by atoms with Gasteiger partial charge in [-0.05, 0) is 6.92 Å². The number of aromatic nitrogens is 1. The van der Waals surface area contributed by atoms with Crippen molar-refractivity contribution in [1.82, 2.24) is 10.3 Å². The number of amides is 1. The zero-order valence-corrected chi connectivity index (χ0v) is 9.41. The Morgan fingerprint density at radius 1 is 1.71 bits per heavy atom. The smallest absolute Gasteiger partial charge is 0.221 e. The topological polar surface area (TPSA) is 54.0 Å². The lowest BCUT2D eigenvalue weighted by Gasteiger charge is -2.02. The molecule has 0 aliphatic heterocycles. The number of halogens is 1. The van der Waals surface area contributed by atoms with Gasteiger partial charge >= 0.3 is 0 Å². The molecule has 78 valence electrons. The highest BCUT2D eigenvalue weighted by atomic mass is 35.5. The maximum Gasteiger partial charge on any atom is 0.221 e. The van der Waals surface area contributed by atoms with Gasteiger partial charge in [0.2, 0.25) is 5.91 Å². The Kier molecular flexibility index (Phi) is 4.69. The van der Waals surface area contributed by atoms with E-state index in [4.69, 9.17) is 11.6 Å². The zero-order valence-electron chi connectivity index (χ0n) is 7.84. The number of anilines is 1. The number of carbonyl (C=O) groups is 1. The second-order valence-electron chi connectivity index (χ2n) is 2.61. The van der Waals surface area contributed by atoms with E-state index in [1.54, 1.807) is 5.38 Å². The third-order valence-corrected chi connectivity index (χ3v) is 2.60. The number of hydrogen-bond donors (Lipinski definition) is 2. The van der Waals surface area contributed by atoms with Gasteiger partial charge in [-0.1, -0.05) is 11.6 Å². The van der Waals surface area contributed by atoms with E-state index in [0.717, 1.165) is 5.13 Å². The molecule has 1 aromatic heterocycles. The minimum Gasteiger partial charge on any atom is -0.361 e. The number of carbonyl (C=O) groups excluding carboxylic acids is 1. The van der Waals surface area contributed by atoms with E-state index in [-0.39, 0.29) is 5.91 Å². The molecule has 14 heavy (non-hydrogen) atoms. The van der Waals surface area contributed by atoms with Crippen molar-refractivity contribution >= 4 is 34.0 Å². The first-order valence-corrected chi connectivity index (χ1v) is 5.59. The molecule has 0 aliphatic rings. The predicted octanol–water partition coefficient (Wildman–Crippen LogP) is 1.73. The van der Waals surface area contributed by atoms with Crippen LogP contribution in [0.2, 0.25) is 5.15 Å². The lowest BCUT2D eigenvalue weighted by molar-refractivity contribution is -0.120. The van der Waals surface area contributed by atoms with E-state index in [2.05, 4.69) is 15.6 Å². The van der Waals surface area contributed by atoms with Crippen molar-refractivity contribution < 1.29 is 4.79 Å². The van der Waals surface area contributed by atoms with Crippen molar-refractivity contribution in [2.75, 3.05) is 18.4 Å². The van der Waals surface area contributed by atoms with Crippen LogP contribution in [0, 0.1) is 0 Å². The van der Waals surface area contributed by atoms with Crippen LogP contribution < -0.4 is 10.6 Å². The maximum atomic E-state index is 11.0. The number of nitrogens with one attached hydrogen (secondary N) is 2. The molecule has 6 heteroatoms. The largest absolute Gasteiger partial charge is 0.361 e. The molecule has 1 amide bonds. The average molecular weight is 234 g/mol. The van der Waals surface area contributed by atoms with E-state index >= 15 is 0 Å². The van der Waals surface area contributed by atoms with Gasteiger partial charge in [0.05, 0.1) is 0 Å². The minimum absolute atomic E-state index is 0.0441. The fourth-order valence-electron chi connectivity index (χ4n) is 0.904. The lowest BCUT2D eigenvalue weighted by atomic mass is 10.4. The Morgan fingerprint density at radius 3 is 3.07 bits per heavy atom. The highest BCUT2D eigenvalue weighted by Crippen LogP contribution is 2.18. The molecule has 0 atom stereocenters. The fraction of sp³-hybridized carbons (Fsp3) is 0.500. The molecule has 0 radical (unpaired) electrons. The third-order valence-electron chi connectivity index (χ3n) is 1.48. The van der Waals surface area contributed by atoms with Gasteiger partial charge in [0.1, 0.15) is 5.15 Å². The Morgan fingerprint density at radius 2 is 2.50 bits per heavy atom. The SMILES string of the molecule is CCNC(=O)CCNc1nc(Cl)cs1. The van der Waals surface area contributed by atoms with E-state index < -0.39 is 0 Å². The molecule has 0 bridgehead atoms. The monoisotopic (exact) mass is 233 g/mol. The summed E-state index contributed by atoms with van der Waals surface area (Å²) in [6, 6.07) is 0. The Bertz CT molecular complexity index is 303. The first-order chi connectivity index (χ1) is 6.72. The second-order valence-corrected chi connectivity index (χ2v) is 3.85. The molecule has 0 aromatic carbocycles. The van der Waals surface area contributed by atoms with Crippen LogP contribution >= 0.6 is 22.9 Å². The first-order valence-electron chi connectivity index (χ1n) is 4.34. The molecule has 1 rings (SSSR count). The van der Waals surface area contributed by atoms with Gasteiger partial charge in [0.25, 0.3) is 0 Å². The van der Waals surface area contributed by atoms with Crippen molar-refractivity contribution in [3.8, 4) is 0 Å². The number of rotatable bonds is 5. The molecule has 0 unspecified atom stereocenters. The Labute approximate surface area is 91.7 Å². The fourth-order valence-corrected chi connectivity index (χ4v) is 1.77. The lowest BCUT2D eigenvalue weighted by Crippen LogP contribution is -2.24. The van der Waals surface area contributed by atoms with Gasteiger partial charge in [-0.3, -0.25) is 4.79 Å². The molecule has 0 aliphatic carbocycles. The molecule has 2 N–H and O–H groups in total. The van der Waals surface area contributed by atoms with Crippen molar-refractivity contribution in [1.29, 1.82) is 0 Å². The van der Waals surface area contributed by atoms with E-state index in [9.17, 15) is 4.79 Å². The second kappa shape index (κ2) is 5.82. The highest BCUT2D eigenvalue weighted by molar-refractivity contribution is 7.14. The van der Waals surface area contributed by atoms with Gasteiger partial charge in [-0.15, -0.1) is 11.3 Å². The zero-order chi connectivity index (χ0) is 10.4. The quantitative estimate of drug-likeness (QED) is 0.815. The molecule has 0 saturated heterocycles. The van der Waals surface area contributed by atoms with Crippen LogP contribution in [-0.4, -0.2) is 24.0 Å². The highest BCUT2D eigenvalue weighted by Gasteiger charge is 2.01. The van der Waals surface area contributed by atoms with Crippen LogP contribution in [0.4, 0.5) is 5.13 Å². The summed E-state index contributed by atoms with van der Waals surface area (Å²) >= 11 is 7.06. The summed E-state index contributed by atoms with van der Waals surface area (Å²) < 4.78 is 0. The molecule has 0 fully saturated rings. The van der Waals surface area contributed by atoms with Gasteiger partial charge in [0, 0.05) is 24.9 Å². The number of thiazole rings is 1. The summed E-state index contributed by atoms with van der Waals surface area (Å²) in [7, 11) is 0. The normalized spacial score (nSPS) is 9.86. The van der Waals surface area contributed by atoms with Gasteiger partial charge in [-0.2, -0.15) is 0 Å². The Balaban J connectivity index is 2.18. The van der Waals surface area contributed by atoms with Crippen molar-refractivity contribution in [3.63, 3.8) is 0 Å². The van der Waals surface area contributed by atoms with Gasteiger partial charge in [0.15, 0.2) is 5.13 Å². The van der Waals surface area contributed by atoms with Crippen LogP contribution in [-0.2, 0) is 4.79 Å². The van der Waals surface area contributed by atoms with Gasteiger partial charge in [-0.25, -0.2) is 4.98 Å². The molecule has 0 spiro atoms. The summed E-state index contributed by atoms with van der Waals surface area (Å²) in [6.07, 6.45) is 0.449. The van der Waals surface area contributed by atoms with Crippen LogP contribution in [0.15, 0.2) is 5.38 Å². The molecule has 0 saturated carbocycles. The molecule has 4 nitrogen and oxygen atoms in total. The van der Waals surface area contributed by atoms with Crippen LogP contribution in [0.1, 0.15) is 13.3 Å². The van der Waals surface area contributed by atoms with E-state index in [1.165, 1.54) is 11.3 Å². The van der Waals surface area contributed by atoms with Crippen molar-refractivity contribution in [2.45, 2.75) is 13.3 Å². The van der Waals surface area contributed by atoms with Crippen molar-refractivity contribution in [3.05, 3.63) is 10.5 Å². The molecule has 1 aromatic rings. The third kappa shape index (κ3) is 3.93. The summed E-state index contributed by atoms with van der Waals surface area (Å²) in [5.41, 5.74) is 0. The minimum atomic E-state index is 0.0441. The molecule has 1 heterocycles. The first kappa shape index (κ1) is 11.3. The van der Waals surface area contributed by atoms with Crippen molar-refractivity contribution in [2.24, 2.45) is 0 Å². The molecular weight excluding hydrogens is 222 g/mol. The summed E-state index contributed by atoms with van der Waals surface area (Å²) in [6.45, 7) is 3.14. The molecular formula is C8H12ClN3OS. The Hall–Kier alpha value is -0.810. The van der Waals surface area contributed by atoms with E-state index in [1.807, 2.05) is 6.92 Å². The average Bonchev–Trinajstić information content (AvgIpc) is 2.52. The summed E-state index contributed by atoms with van der Waals surface area (Å²) in [4.78, 5) is 15.0. The number of nitrogens with zero attached hydrogens (tertiary/aromatic N) is 1. The predicted molar refractivity (Wildman–Crippen MR) is 58.9 cm³/mol. The summed E-state index contributed by atoms with van der Waals surface area (Å²) in [5, 5.41) is 8.71.